The van der Waals surface area contributed by atoms with E-state index >= 15 is 0 Å². The molecule has 0 radical (unpaired) electrons. The van der Waals surface area contributed by atoms with Gasteiger partial charge in [-0.05, 0) is 37.5 Å². The van der Waals surface area contributed by atoms with Crippen molar-refractivity contribution in [3.8, 4) is 5.75 Å². The van der Waals surface area contributed by atoms with E-state index in [0.29, 0.717) is 25.7 Å². The van der Waals surface area contributed by atoms with Crippen LogP contribution < -0.4 is 15.4 Å². The highest BCUT2D eigenvalue weighted by atomic mass is 19.1. The van der Waals surface area contributed by atoms with Crippen LogP contribution >= 0.6 is 0 Å². The van der Waals surface area contributed by atoms with Crippen LogP contribution in [0.2, 0.25) is 0 Å². The second-order valence-electron chi connectivity index (χ2n) is 5.97. The summed E-state index contributed by atoms with van der Waals surface area (Å²) in [5.41, 5.74) is 0.816. The number of benzene rings is 1. The Hall–Kier alpha value is -1.86. The fraction of sp³-hybridized carbons (Fsp3) is 0.611. The lowest BCUT2D eigenvalue weighted by Gasteiger charge is -2.19. The molecule has 0 saturated carbocycles. The van der Waals surface area contributed by atoms with Crippen molar-refractivity contribution >= 4 is 5.96 Å². The lowest BCUT2D eigenvalue weighted by molar-refractivity contribution is 0.0191. The molecule has 6 nitrogen and oxygen atoms in total. The highest BCUT2D eigenvalue weighted by molar-refractivity contribution is 5.80. The third kappa shape index (κ3) is 6.17. The van der Waals surface area contributed by atoms with Gasteiger partial charge < -0.3 is 24.8 Å². The van der Waals surface area contributed by atoms with Gasteiger partial charge in [-0.25, -0.2) is 4.39 Å². The molecule has 1 aliphatic heterocycles. The molecular weight excluding hydrogens is 325 g/mol. The first-order valence-corrected chi connectivity index (χ1v) is 8.64. The molecule has 0 aliphatic carbocycles. The van der Waals surface area contributed by atoms with Gasteiger partial charge >= 0.3 is 0 Å². The normalized spacial score (nSPS) is 18.9. The molecule has 1 fully saturated rings. The van der Waals surface area contributed by atoms with E-state index in [2.05, 4.69) is 15.6 Å². The van der Waals surface area contributed by atoms with Gasteiger partial charge in [0, 0.05) is 20.2 Å². The standard InChI is InChI=1S/C18H28FN3O3/c1-13(14-6-7-17(23-3)16(19)11-14)22-18(20-2)21-8-10-24-12-15-5-4-9-25-15/h6-7,11,13,15H,4-5,8-10,12H2,1-3H3,(H2,20,21,22). The Morgan fingerprint density at radius 2 is 2.32 bits per heavy atom. The molecule has 1 aromatic rings. The molecule has 1 heterocycles. The van der Waals surface area contributed by atoms with Gasteiger partial charge in [0.15, 0.2) is 17.5 Å². The van der Waals surface area contributed by atoms with Gasteiger partial charge in [-0.3, -0.25) is 4.99 Å². The van der Waals surface area contributed by atoms with E-state index in [1.165, 1.54) is 13.2 Å². The van der Waals surface area contributed by atoms with Crippen LogP contribution in [-0.2, 0) is 9.47 Å². The van der Waals surface area contributed by atoms with E-state index < -0.39 is 0 Å². The summed E-state index contributed by atoms with van der Waals surface area (Å²) in [6.07, 6.45) is 2.43. The maximum absolute atomic E-state index is 13.8. The van der Waals surface area contributed by atoms with E-state index in [-0.39, 0.29) is 23.7 Å². The fourth-order valence-corrected chi connectivity index (χ4v) is 2.67. The zero-order chi connectivity index (χ0) is 18.1. The fourth-order valence-electron chi connectivity index (χ4n) is 2.67. The molecule has 1 aliphatic rings. The molecule has 2 atom stereocenters. The number of hydrogen-bond acceptors (Lipinski definition) is 4. The first-order valence-electron chi connectivity index (χ1n) is 8.64. The number of methoxy groups -OCH3 is 1. The van der Waals surface area contributed by atoms with Crippen LogP contribution in [0.25, 0.3) is 0 Å². The van der Waals surface area contributed by atoms with E-state index in [1.807, 2.05) is 13.0 Å². The van der Waals surface area contributed by atoms with Crippen LogP contribution in [0.15, 0.2) is 23.2 Å². The Balaban J connectivity index is 1.72. The number of nitrogens with zero attached hydrogens (tertiary/aromatic N) is 1. The van der Waals surface area contributed by atoms with Crippen molar-refractivity contribution < 1.29 is 18.6 Å². The van der Waals surface area contributed by atoms with Crippen LogP contribution in [0.5, 0.6) is 5.75 Å². The van der Waals surface area contributed by atoms with Gasteiger partial charge in [-0.1, -0.05) is 6.07 Å². The van der Waals surface area contributed by atoms with E-state index in [4.69, 9.17) is 14.2 Å². The van der Waals surface area contributed by atoms with Crippen LogP contribution in [0.4, 0.5) is 4.39 Å². The summed E-state index contributed by atoms with van der Waals surface area (Å²) in [5.74, 6) is 0.505. The van der Waals surface area contributed by atoms with Crippen molar-refractivity contribution in [2.45, 2.75) is 31.9 Å². The van der Waals surface area contributed by atoms with Crippen molar-refractivity contribution in [1.29, 1.82) is 0 Å². The average molecular weight is 353 g/mol. The van der Waals surface area contributed by atoms with Crippen LogP contribution in [-0.4, -0.2) is 52.6 Å². The summed E-state index contributed by atoms with van der Waals surface area (Å²) in [6, 6.07) is 4.82. The second-order valence-corrected chi connectivity index (χ2v) is 5.97. The van der Waals surface area contributed by atoms with Gasteiger partial charge in [0.1, 0.15) is 0 Å². The van der Waals surface area contributed by atoms with Gasteiger partial charge in [0.25, 0.3) is 0 Å². The summed E-state index contributed by atoms with van der Waals surface area (Å²) in [5, 5.41) is 6.42. The Morgan fingerprint density at radius 1 is 1.48 bits per heavy atom. The SMILES string of the molecule is CN=C(NCCOCC1CCCO1)NC(C)c1ccc(OC)c(F)c1. The maximum Gasteiger partial charge on any atom is 0.191 e. The van der Waals surface area contributed by atoms with Gasteiger partial charge in [-0.2, -0.15) is 0 Å². The topological polar surface area (TPSA) is 64.1 Å². The van der Waals surface area contributed by atoms with Gasteiger partial charge in [0.05, 0.1) is 32.5 Å². The molecule has 2 unspecified atom stereocenters. The molecule has 2 N–H and O–H groups in total. The Morgan fingerprint density at radius 3 is 2.96 bits per heavy atom. The van der Waals surface area contributed by atoms with Crippen molar-refractivity contribution in [2.75, 3.05) is 40.5 Å². The summed E-state index contributed by atoms with van der Waals surface area (Å²) in [4.78, 5) is 4.18. The zero-order valence-electron chi connectivity index (χ0n) is 15.2. The van der Waals surface area contributed by atoms with Crippen molar-refractivity contribution in [3.63, 3.8) is 0 Å². The van der Waals surface area contributed by atoms with Crippen molar-refractivity contribution in [2.24, 2.45) is 4.99 Å². The quantitative estimate of drug-likeness (QED) is 0.426. The maximum atomic E-state index is 13.8. The number of aliphatic imine (C=N–C) groups is 1. The molecule has 0 spiro atoms. The lowest BCUT2D eigenvalue weighted by atomic mass is 10.1. The molecule has 0 amide bonds. The molecule has 1 saturated heterocycles. The van der Waals surface area contributed by atoms with Crippen LogP contribution in [0.3, 0.4) is 0 Å². The minimum absolute atomic E-state index is 0.0978. The predicted molar refractivity (Wildman–Crippen MR) is 95.7 cm³/mol. The highest BCUT2D eigenvalue weighted by Gasteiger charge is 2.15. The Labute approximate surface area is 148 Å². The second kappa shape index (κ2) is 10.2. The first kappa shape index (κ1) is 19.5. The predicted octanol–water partition coefficient (Wildman–Crippen LogP) is 2.26. The lowest BCUT2D eigenvalue weighted by Crippen LogP contribution is -2.40. The summed E-state index contributed by atoms with van der Waals surface area (Å²) in [7, 11) is 3.15. The summed E-state index contributed by atoms with van der Waals surface area (Å²) >= 11 is 0. The number of guanidine groups is 1. The molecule has 25 heavy (non-hydrogen) atoms. The van der Waals surface area contributed by atoms with E-state index in [1.54, 1.807) is 13.1 Å². The zero-order valence-corrected chi connectivity index (χ0v) is 15.2. The van der Waals surface area contributed by atoms with E-state index in [0.717, 1.165) is 25.0 Å². The number of ether oxygens (including phenoxy) is 3. The molecule has 2 rings (SSSR count). The third-order valence-electron chi connectivity index (χ3n) is 4.12. The summed E-state index contributed by atoms with van der Waals surface area (Å²) in [6.45, 7) is 4.63. The third-order valence-corrected chi connectivity index (χ3v) is 4.12. The smallest absolute Gasteiger partial charge is 0.191 e. The molecule has 0 aromatic heterocycles. The van der Waals surface area contributed by atoms with Gasteiger partial charge in [-0.15, -0.1) is 0 Å². The van der Waals surface area contributed by atoms with E-state index in [9.17, 15) is 4.39 Å². The molecule has 1 aromatic carbocycles. The molecule has 140 valence electrons. The number of rotatable bonds is 8. The highest BCUT2D eigenvalue weighted by Crippen LogP contribution is 2.21. The van der Waals surface area contributed by atoms with Crippen molar-refractivity contribution in [3.05, 3.63) is 29.6 Å². The van der Waals surface area contributed by atoms with Crippen molar-refractivity contribution in [1.82, 2.24) is 10.6 Å². The average Bonchev–Trinajstić information content (AvgIpc) is 3.13. The van der Waals surface area contributed by atoms with Gasteiger partial charge in [0.2, 0.25) is 0 Å². The number of hydrogen-bond donors (Lipinski definition) is 2. The monoisotopic (exact) mass is 353 g/mol. The number of nitrogens with one attached hydrogen (secondary N) is 2. The molecular formula is C18H28FN3O3. The Bertz CT molecular complexity index is 562. The number of halogens is 1. The largest absolute Gasteiger partial charge is 0.494 e. The minimum Gasteiger partial charge on any atom is -0.494 e. The van der Waals surface area contributed by atoms with Crippen LogP contribution in [0, 0.1) is 5.82 Å². The van der Waals surface area contributed by atoms with Crippen LogP contribution in [0.1, 0.15) is 31.4 Å². The molecule has 0 bridgehead atoms. The summed E-state index contributed by atoms with van der Waals surface area (Å²) < 4.78 is 29.9. The first-order chi connectivity index (χ1) is 12.1. The molecule has 7 heteroatoms. The Kier molecular flexibility index (Phi) is 7.94. The minimum atomic E-state index is -0.376.